The van der Waals surface area contributed by atoms with Crippen molar-refractivity contribution in [2.24, 2.45) is 5.73 Å². The number of amides is 1. The molecule has 0 spiro atoms. The first-order valence-corrected chi connectivity index (χ1v) is 7.50. The lowest BCUT2D eigenvalue weighted by Crippen LogP contribution is -2.55. The molecular formula is C12H18N2O4S. The van der Waals surface area contributed by atoms with Crippen molar-refractivity contribution in [2.45, 2.75) is 17.4 Å². The summed E-state index contributed by atoms with van der Waals surface area (Å²) in [5, 5.41) is 2.79. The Morgan fingerprint density at radius 2 is 1.89 bits per heavy atom. The fourth-order valence-corrected chi connectivity index (χ4v) is 1.91. The highest BCUT2D eigenvalue weighted by molar-refractivity contribution is 7.90. The van der Waals surface area contributed by atoms with Crippen LogP contribution >= 0.6 is 0 Å². The van der Waals surface area contributed by atoms with Crippen molar-refractivity contribution in [3.05, 3.63) is 24.3 Å². The van der Waals surface area contributed by atoms with Crippen LogP contribution in [0.3, 0.4) is 0 Å². The predicted molar refractivity (Wildman–Crippen MR) is 71.7 cm³/mol. The summed E-state index contributed by atoms with van der Waals surface area (Å²) >= 11 is 0. The molecule has 1 unspecified atom stereocenters. The van der Waals surface area contributed by atoms with Gasteiger partial charge in [-0.15, -0.1) is 0 Å². The average Bonchev–Trinajstić information content (AvgIpc) is 2.35. The van der Waals surface area contributed by atoms with Crippen LogP contribution in [0.1, 0.15) is 6.92 Å². The molecule has 6 nitrogen and oxygen atoms in total. The van der Waals surface area contributed by atoms with Crippen molar-refractivity contribution in [1.29, 1.82) is 0 Å². The number of carbonyl (C=O) groups excluding carboxylic acids is 1. The minimum Gasteiger partial charge on any atom is -0.491 e. The van der Waals surface area contributed by atoms with Crippen LogP contribution in [-0.4, -0.2) is 39.8 Å². The second-order valence-electron chi connectivity index (χ2n) is 4.48. The molecule has 0 aliphatic heterocycles. The molecule has 0 aromatic heterocycles. The van der Waals surface area contributed by atoms with E-state index in [1.54, 1.807) is 14.0 Å². The summed E-state index contributed by atoms with van der Waals surface area (Å²) in [7, 11) is -1.61. The molecule has 106 valence electrons. The van der Waals surface area contributed by atoms with E-state index in [0.717, 1.165) is 6.26 Å². The summed E-state index contributed by atoms with van der Waals surface area (Å²) < 4.78 is 28.0. The number of primary amides is 1. The van der Waals surface area contributed by atoms with Gasteiger partial charge in [0.2, 0.25) is 5.91 Å². The maximum atomic E-state index is 11.3. The molecule has 0 bridgehead atoms. The molecule has 3 N–H and O–H groups in total. The number of hydrogen-bond donors (Lipinski definition) is 2. The predicted octanol–water partition coefficient (Wildman–Crippen LogP) is -0.0677. The number of sulfone groups is 1. The van der Waals surface area contributed by atoms with Crippen molar-refractivity contribution < 1.29 is 17.9 Å². The van der Waals surface area contributed by atoms with Gasteiger partial charge < -0.3 is 15.8 Å². The van der Waals surface area contributed by atoms with Gasteiger partial charge in [-0.3, -0.25) is 4.79 Å². The first-order valence-electron chi connectivity index (χ1n) is 5.61. The van der Waals surface area contributed by atoms with Crippen LogP contribution in [0.15, 0.2) is 29.2 Å². The van der Waals surface area contributed by atoms with Gasteiger partial charge in [0.05, 0.1) is 4.90 Å². The van der Waals surface area contributed by atoms with Gasteiger partial charge in [-0.1, -0.05) is 0 Å². The highest BCUT2D eigenvalue weighted by Crippen LogP contribution is 2.17. The van der Waals surface area contributed by atoms with E-state index in [0.29, 0.717) is 5.75 Å². The molecule has 1 atom stereocenters. The Hall–Kier alpha value is -1.60. The number of benzene rings is 1. The quantitative estimate of drug-likeness (QED) is 0.763. The largest absolute Gasteiger partial charge is 0.491 e. The fraction of sp³-hybridized carbons (Fsp3) is 0.417. The third-order valence-electron chi connectivity index (χ3n) is 2.88. The Morgan fingerprint density at radius 3 is 2.26 bits per heavy atom. The van der Waals surface area contributed by atoms with Gasteiger partial charge >= 0.3 is 0 Å². The molecule has 1 aromatic carbocycles. The topological polar surface area (TPSA) is 98.5 Å². The van der Waals surface area contributed by atoms with Crippen LogP contribution in [0.5, 0.6) is 5.75 Å². The molecule has 1 aromatic rings. The van der Waals surface area contributed by atoms with Gasteiger partial charge in [0.1, 0.15) is 17.9 Å². The Balaban J connectivity index is 2.77. The number of carbonyl (C=O) groups is 1. The zero-order valence-electron chi connectivity index (χ0n) is 11.1. The first-order chi connectivity index (χ1) is 8.69. The van der Waals surface area contributed by atoms with Crippen LogP contribution in [-0.2, 0) is 14.6 Å². The summed E-state index contributed by atoms with van der Waals surface area (Å²) in [6.07, 6.45) is 1.13. The lowest BCUT2D eigenvalue weighted by atomic mass is 10.0. The van der Waals surface area contributed by atoms with Gasteiger partial charge in [0, 0.05) is 6.26 Å². The highest BCUT2D eigenvalue weighted by atomic mass is 32.2. The van der Waals surface area contributed by atoms with Crippen LogP contribution in [0.2, 0.25) is 0 Å². The molecule has 1 amide bonds. The van der Waals surface area contributed by atoms with E-state index in [9.17, 15) is 13.2 Å². The SMILES string of the molecule is CNC(C)(COc1ccc(S(C)(=O)=O)cc1)C(N)=O. The monoisotopic (exact) mass is 286 g/mol. The second-order valence-corrected chi connectivity index (χ2v) is 6.49. The number of likely N-dealkylation sites (N-methyl/N-ethyl adjacent to an activating group) is 1. The normalized spacial score (nSPS) is 14.7. The zero-order valence-corrected chi connectivity index (χ0v) is 12.0. The van der Waals surface area contributed by atoms with Crippen molar-refractivity contribution in [3.63, 3.8) is 0 Å². The Labute approximate surface area is 112 Å². The fourth-order valence-electron chi connectivity index (χ4n) is 1.28. The molecule has 1 rings (SSSR count). The summed E-state index contributed by atoms with van der Waals surface area (Å²) in [6.45, 7) is 1.68. The molecule has 0 saturated carbocycles. The van der Waals surface area contributed by atoms with E-state index in [4.69, 9.17) is 10.5 Å². The number of rotatable bonds is 6. The van der Waals surface area contributed by atoms with E-state index in [1.165, 1.54) is 24.3 Å². The highest BCUT2D eigenvalue weighted by Gasteiger charge is 2.30. The standard InChI is InChI=1S/C12H18N2O4S/c1-12(14-2,11(13)15)8-18-9-4-6-10(7-5-9)19(3,16)17/h4-7,14H,8H2,1-3H3,(H2,13,15). The van der Waals surface area contributed by atoms with Crippen LogP contribution < -0.4 is 15.8 Å². The van der Waals surface area contributed by atoms with Crippen molar-refractivity contribution in [1.82, 2.24) is 5.32 Å². The molecule has 0 heterocycles. The lowest BCUT2D eigenvalue weighted by molar-refractivity contribution is -0.124. The molecule has 7 heteroatoms. The number of hydrogen-bond acceptors (Lipinski definition) is 5. The summed E-state index contributed by atoms with van der Waals surface area (Å²) in [6, 6.07) is 5.97. The lowest BCUT2D eigenvalue weighted by Gasteiger charge is -2.25. The third-order valence-corrected chi connectivity index (χ3v) is 4.00. The first kappa shape index (κ1) is 15.5. The molecule has 0 saturated heterocycles. The van der Waals surface area contributed by atoms with Gasteiger partial charge in [0.15, 0.2) is 9.84 Å². The summed E-state index contributed by atoms with van der Waals surface area (Å²) in [5.41, 5.74) is 4.29. The van der Waals surface area contributed by atoms with E-state index < -0.39 is 21.3 Å². The van der Waals surface area contributed by atoms with E-state index >= 15 is 0 Å². The Morgan fingerprint density at radius 1 is 1.37 bits per heavy atom. The van der Waals surface area contributed by atoms with Crippen LogP contribution in [0.4, 0.5) is 0 Å². The van der Waals surface area contributed by atoms with E-state index in [2.05, 4.69) is 5.32 Å². The van der Waals surface area contributed by atoms with Crippen molar-refractivity contribution >= 4 is 15.7 Å². The van der Waals surface area contributed by atoms with Gasteiger partial charge in [-0.05, 0) is 38.2 Å². The molecule has 0 aliphatic carbocycles. The number of nitrogens with two attached hydrogens (primary N) is 1. The average molecular weight is 286 g/mol. The number of nitrogens with one attached hydrogen (secondary N) is 1. The van der Waals surface area contributed by atoms with E-state index in [1.807, 2.05) is 0 Å². The van der Waals surface area contributed by atoms with Gasteiger partial charge in [0.25, 0.3) is 0 Å². The maximum Gasteiger partial charge on any atom is 0.240 e. The molecule has 0 aliphatic rings. The molecule has 19 heavy (non-hydrogen) atoms. The minimum absolute atomic E-state index is 0.0526. The Bertz CT molecular complexity index is 554. The minimum atomic E-state index is -3.22. The van der Waals surface area contributed by atoms with Gasteiger partial charge in [-0.2, -0.15) is 0 Å². The zero-order chi connectivity index (χ0) is 14.7. The second kappa shape index (κ2) is 5.58. The molecular weight excluding hydrogens is 268 g/mol. The van der Waals surface area contributed by atoms with Crippen molar-refractivity contribution in [2.75, 3.05) is 19.9 Å². The number of ether oxygens (including phenoxy) is 1. The summed E-state index contributed by atoms with van der Waals surface area (Å²) in [5.74, 6) is -0.0575. The molecule has 0 fully saturated rings. The van der Waals surface area contributed by atoms with Crippen LogP contribution in [0, 0.1) is 0 Å². The third kappa shape index (κ3) is 3.93. The van der Waals surface area contributed by atoms with E-state index in [-0.39, 0.29) is 11.5 Å². The maximum absolute atomic E-state index is 11.3. The smallest absolute Gasteiger partial charge is 0.240 e. The van der Waals surface area contributed by atoms with Crippen LogP contribution in [0.25, 0.3) is 0 Å². The summed E-state index contributed by atoms with van der Waals surface area (Å²) in [4.78, 5) is 11.5. The molecule has 0 radical (unpaired) electrons. The van der Waals surface area contributed by atoms with Crippen molar-refractivity contribution in [3.8, 4) is 5.75 Å². The Kier molecular flexibility index (Phi) is 4.54. The van der Waals surface area contributed by atoms with Gasteiger partial charge in [-0.25, -0.2) is 8.42 Å².